The molecule has 0 aliphatic heterocycles. The highest BCUT2D eigenvalue weighted by molar-refractivity contribution is 7.80. The van der Waals surface area contributed by atoms with Gasteiger partial charge in [-0.25, -0.2) is 0 Å². The smallest absolute Gasteiger partial charge is 0.170 e. The average molecular weight is 305 g/mol. The van der Waals surface area contributed by atoms with Gasteiger partial charge in [-0.3, -0.25) is 0 Å². The van der Waals surface area contributed by atoms with Crippen LogP contribution in [0.5, 0.6) is 0 Å². The second-order valence-electron chi connectivity index (χ2n) is 4.58. The van der Waals surface area contributed by atoms with Gasteiger partial charge in [0, 0.05) is 17.3 Å². The van der Waals surface area contributed by atoms with Gasteiger partial charge >= 0.3 is 0 Å². The van der Waals surface area contributed by atoms with Crippen molar-refractivity contribution >= 4 is 34.6 Å². The first-order valence-corrected chi connectivity index (χ1v) is 7.29. The Hall–Kier alpha value is -1.58. The van der Waals surface area contributed by atoms with Crippen LogP contribution < -0.4 is 10.6 Å². The van der Waals surface area contributed by atoms with E-state index in [2.05, 4.69) is 22.8 Å². The van der Waals surface area contributed by atoms with Crippen molar-refractivity contribution < 1.29 is 0 Å². The second kappa shape index (κ2) is 7.27. The van der Waals surface area contributed by atoms with E-state index in [1.807, 2.05) is 43.3 Å². The lowest BCUT2D eigenvalue weighted by atomic mass is 10.1. The molecule has 0 unspecified atom stereocenters. The first-order valence-electron chi connectivity index (χ1n) is 6.50. The molecule has 0 saturated carbocycles. The van der Waals surface area contributed by atoms with E-state index >= 15 is 0 Å². The summed E-state index contributed by atoms with van der Waals surface area (Å²) in [5, 5.41) is 7.76. The highest BCUT2D eigenvalue weighted by Gasteiger charge is 2.01. The van der Waals surface area contributed by atoms with Crippen LogP contribution in [0.15, 0.2) is 48.5 Å². The van der Waals surface area contributed by atoms with E-state index in [1.165, 1.54) is 5.56 Å². The fourth-order valence-electron chi connectivity index (χ4n) is 1.90. The second-order valence-corrected chi connectivity index (χ2v) is 5.42. The summed E-state index contributed by atoms with van der Waals surface area (Å²) < 4.78 is 0. The zero-order valence-electron chi connectivity index (χ0n) is 11.3. The molecule has 2 nitrogen and oxygen atoms in total. The van der Waals surface area contributed by atoms with E-state index in [0.29, 0.717) is 5.11 Å². The lowest BCUT2D eigenvalue weighted by molar-refractivity contribution is 0.873. The molecular weight excluding hydrogens is 288 g/mol. The largest absolute Gasteiger partial charge is 0.362 e. The van der Waals surface area contributed by atoms with Crippen LogP contribution in [-0.2, 0) is 6.42 Å². The standard InChI is InChI=1S/C16H17ClN2S/c1-12-11-14(17)7-8-15(12)19-16(20)18-10-9-13-5-3-2-4-6-13/h2-8,11H,9-10H2,1H3,(H2,18,19,20). The monoisotopic (exact) mass is 304 g/mol. The molecule has 0 heterocycles. The van der Waals surface area contributed by atoms with Crippen LogP contribution in [0, 0.1) is 6.92 Å². The minimum absolute atomic E-state index is 0.631. The maximum absolute atomic E-state index is 5.93. The SMILES string of the molecule is Cc1cc(Cl)ccc1NC(=S)NCCc1ccccc1. The fraction of sp³-hybridized carbons (Fsp3) is 0.188. The molecule has 0 aliphatic rings. The minimum Gasteiger partial charge on any atom is -0.362 e. The fourth-order valence-corrected chi connectivity index (χ4v) is 2.34. The number of rotatable bonds is 4. The van der Waals surface area contributed by atoms with Crippen molar-refractivity contribution in [3.63, 3.8) is 0 Å². The van der Waals surface area contributed by atoms with Crippen LogP contribution >= 0.6 is 23.8 Å². The predicted molar refractivity (Wildman–Crippen MR) is 90.6 cm³/mol. The van der Waals surface area contributed by atoms with E-state index in [-0.39, 0.29) is 0 Å². The third-order valence-electron chi connectivity index (χ3n) is 2.98. The summed E-state index contributed by atoms with van der Waals surface area (Å²) in [5.41, 5.74) is 3.35. The zero-order valence-corrected chi connectivity index (χ0v) is 12.9. The normalized spacial score (nSPS) is 10.1. The van der Waals surface area contributed by atoms with Gasteiger partial charge in [0.2, 0.25) is 0 Å². The third kappa shape index (κ3) is 4.51. The summed E-state index contributed by atoms with van der Waals surface area (Å²) >= 11 is 11.2. The highest BCUT2D eigenvalue weighted by atomic mass is 35.5. The molecule has 2 aromatic carbocycles. The van der Waals surface area contributed by atoms with E-state index in [0.717, 1.165) is 29.2 Å². The molecule has 4 heteroatoms. The molecule has 2 rings (SSSR count). The van der Waals surface area contributed by atoms with Crippen molar-refractivity contribution in [3.05, 3.63) is 64.7 Å². The summed E-state index contributed by atoms with van der Waals surface area (Å²) in [6.45, 7) is 2.81. The minimum atomic E-state index is 0.631. The maximum Gasteiger partial charge on any atom is 0.170 e. The van der Waals surface area contributed by atoms with E-state index in [1.54, 1.807) is 0 Å². The van der Waals surface area contributed by atoms with Gasteiger partial charge in [0.05, 0.1) is 0 Å². The van der Waals surface area contributed by atoms with Crippen molar-refractivity contribution in [2.24, 2.45) is 0 Å². The molecule has 0 fully saturated rings. The van der Waals surface area contributed by atoms with Gasteiger partial charge in [-0.15, -0.1) is 0 Å². The molecule has 0 spiro atoms. The Bertz CT molecular complexity index is 584. The van der Waals surface area contributed by atoms with Gasteiger partial charge in [-0.05, 0) is 54.9 Å². The average Bonchev–Trinajstić information content (AvgIpc) is 2.43. The molecule has 0 atom stereocenters. The van der Waals surface area contributed by atoms with Crippen molar-refractivity contribution in [2.45, 2.75) is 13.3 Å². The number of nitrogens with one attached hydrogen (secondary N) is 2. The number of anilines is 1. The third-order valence-corrected chi connectivity index (χ3v) is 3.46. The molecule has 0 aromatic heterocycles. The number of halogens is 1. The van der Waals surface area contributed by atoms with Gasteiger partial charge in [0.1, 0.15) is 0 Å². The molecule has 104 valence electrons. The molecule has 2 N–H and O–H groups in total. The number of aryl methyl sites for hydroxylation is 1. The number of thiocarbonyl (C=S) groups is 1. The van der Waals surface area contributed by atoms with Crippen LogP contribution in [-0.4, -0.2) is 11.7 Å². The van der Waals surface area contributed by atoms with Gasteiger partial charge in [0.25, 0.3) is 0 Å². The van der Waals surface area contributed by atoms with Crippen molar-refractivity contribution in [3.8, 4) is 0 Å². The Kier molecular flexibility index (Phi) is 5.39. The topological polar surface area (TPSA) is 24.1 Å². The first kappa shape index (κ1) is 14.8. The Morgan fingerprint density at radius 3 is 2.60 bits per heavy atom. The molecule has 20 heavy (non-hydrogen) atoms. The van der Waals surface area contributed by atoms with Crippen LogP contribution in [0.4, 0.5) is 5.69 Å². The Labute approximate surface area is 130 Å². The van der Waals surface area contributed by atoms with Crippen molar-refractivity contribution in [2.75, 3.05) is 11.9 Å². The summed E-state index contributed by atoms with van der Waals surface area (Å²) in [7, 11) is 0. The summed E-state index contributed by atoms with van der Waals surface area (Å²) in [6, 6.07) is 16.0. The summed E-state index contributed by atoms with van der Waals surface area (Å²) in [5.74, 6) is 0. The molecule has 2 aromatic rings. The molecule has 0 aliphatic carbocycles. The maximum atomic E-state index is 5.93. The molecule has 0 saturated heterocycles. The van der Waals surface area contributed by atoms with Crippen LogP contribution in [0.25, 0.3) is 0 Å². The molecule has 0 radical (unpaired) electrons. The number of hydrogen-bond donors (Lipinski definition) is 2. The predicted octanol–water partition coefficient (Wildman–Crippen LogP) is 4.18. The van der Waals surface area contributed by atoms with Gasteiger partial charge in [-0.2, -0.15) is 0 Å². The van der Waals surface area contributed by atoms with Gasteiger partial charge < -0.3 is 10.6 Å². The van der Waals surface area contributed by atoms with E-state index < -0.39 is 0 Å². The van der Waals surface area contributed by atoms with E-state index in [9.17, 15) is 0 Å². The van der Waals surface area contributed by atoms with Crippen molar-refractivity contribution in [1.29, 1.82) is 0 Å². The summed E-state index contributed by atoms with van der Waals surface area (Å²) in [4.78, 5) is 0. The number of hydrogen-bond acceptors (Lipinski definition) is 1. The van der Waals surface area contributed by atoms with Crippen LogP contribution in [0.3, 0.4) is 0 Å². The Balaban J connectivity index is 1.81. The first-order chi connectivity index (χ1) is 9.65. The molecule has 0 bridgehead atoms. The molecular formula is C16H17ClN2S. The quantitative estimate of drug-likeness (QED) is 0.829. The van der Waals surface area contributed by atoms with Crippen molar-refractivity contribution in [1.82, 2.24) is 5.32 Å². The summed E-state index contributed by atoms with van der Waals surface area (Å²) in [6.07, 6.45) is 0.947. The van der Waals surface area contributed by atoms with Crippen LogP contribution in [0.2, 0.25) is 5.02 Å². The van der Waals surface area contributed by atoms with Crippen LogP contribution in [0.1, 0.15) is 11.1 Å². The van der Waals surface area contributed by atoms with Gasteiger partial charge in [0.15, 0.2) is 5.11 Å². The molecule has 0 amide bonds. The van der Waals surface area contributed by atoms with Gasteiger partial charge in [-0.1, -0.05) is 41.9 Å². The van der Waals surface area contributed by atoms with E-state index in [4.69, 9.17) is 23.8 Å². The lowest BCUT2D eigenvalue weighted by Crippen LogP contribution is -2.30. The zero-order chi connectivity index (χ0) is 14.4. The Morgan fingerprint density at radius 1 is 1.15 bits per heavy atom. The Morgan fingerprint density at radius 2 is 1.90 bits per heavy atom. The number of benzene rings is 2. The highest BCUT2D eigenvalue weighted by Crippen LogP contribution is 2.19. The lowest BCUT2D eigenvalue weighted by Gasteiger charge is -2.12.